The van der Waals surface area contributed by atoms with Gasteiger partial charge in [-0.15, -0.1) is 0 Å². The molecule has 0 aromatic heterocycles. The van der Waals surface area contributed by atoms with Gasteiger partial charge in [0.15, 0.2) is 0 Å². The van der Waals surface area contributed by atoms with Crippen LogP contribution in [0.4, 0.5) is 10.5 Å². The fraction of sp³-hybridized carbons (Fsp3) is 0.533. The van der Waals surface area contributed by atoms with Gasteiger partial charge >= 0.3 is 6.09 Å². The van der Waals surface area contributed by atoms with E-state index >= 15 is 0 Å². The second-order valence-electron chi connectivity index (χ2n) is 5.42. The predicted octanol–water partition coefficient (Wildman–Crippen LogP) is 1.31. The van der Waals surface area contributed by atoms with Crippen molar-refractivity contribution in [3.05, 3.63) is 30.3 Å². The number of aliphatic hydroxyl groups is 1. The van der Waals surface area contributed by atoms with Crippen LogP contribution in [0.15, 0.2) is 30.3 Å². The van der Waals surface area contributed by atoms with E-state index in [1.807, 2.05) is 44.1 Å². The summed E-state index contributed by atoms with van der Waals surface area (Å²) in [5.74, 6) is 0. The Bertz CT molecular complexity index is 466. The summed E-state index contributed by atoms with van der Waals surface area (Å²) in [4.78, 5) is 13.9. The van der Waals surface area contributed by atoms with Crippen LogP contribution >= 0.6 is 0 Å². The highest BCUT2D eigenvalue weighted by molar-refractivity contribution is 5.84. The molecular formula is C15H22N2O4. The van der Waals surface area contributed by atoms with Crippen LogP contribution in [0.5, 0.6) is 0 Å². The Morgan fingerprint density at radius 3 is 2.67 bits per heavy atom. The number of benzene rings is 1. The van der Waals surface area contributed by atoms with Gasteiger partial charge in [0.25, 0.3) is 0 Å². The van der Waals surface area contributed by atoms with Gasteiger partial charge in [-0.3, -0.25) is 5.32 Å². The van der Waals surface area contributed by atoms with Crippen LogP contribution in [0.25, 0.3) is 0 Å². The van der Waals surface area contributed by atoms with Gasteiger partial charge in [-0.25, -0.2) is 4.79 Å². The van der Waals surface area contributed by atoms with E-state index in [0.29, 0.717) is 5.69 Å². The number of likely N-dealkylation sites (N-methyl/N-ethyl adjacent to an activating group) is 1. The number of hydrogen-bond acceptors (Lipinski definition) is 5. The molecule has 1 heterocycles. The average molecular weight is 294 g/mol. The Morgan fingerprint density at radius 1 is 1.38 bits per heavy atom. The van der Waals surface area contributed by atoms with Gasteiger partial charge in [0, 0.05) is 5.69 Å². The summed E-state index contributed by atoms with van der Waals surface area (Å²) < 4.78 is 10.9. The summed E-state index contributed by atoms with van der Waals surface area (Å²) >= 11 is 0. The third kappa shape index (κ3) is 3.93. The second-order valence-corrected chi connectivity index (χ2v) is 5.42. The van der Waals surface area contributed by atoms with Crippen molar-refractivity contribution in [1.82, 2.24) is 4.90 Å². The van der Waals surface area contributed by atoms with Gasteiger partial charge < -0.3 is 19.5 Å². The van der Waals surface area contributed by atoms with Crippen molar-refractivity contribution in [2.24, 2.45) is 0 Å². The Labute approximate surface area is 124 Å². The highest BCUT2D eigenvalue weighted by Gasteiger charge is 2.41. The van der Waals surface area contributed by atoms with E-state index in [1.165, 1.54) is 0 Å². The number of anilines is 1. The zero-order chi connectivity index (χ0) is 15.4. The molecule has 1 aliphatic rings. The third-order valence-corrected chi connectivity index (χ3v) is 3.58. The number of carbonyl (C=O) groups excluding carboxylic acids is 1. The first-order valence-electron chi connectivity index (χ1n) is 6.98. The monoisotopic (exact) mass is 294 g/mol. The lowest BCUT2D eigenvalue weighted by Gasteiger charge is -2.42. The van der Waals surface area contributed by atoms with Gasteiger partial charge in [0.2, 0.25) is 0 Å². The normalized spacial score (nSPS) is 29.2. The molecule has 1 aromatic rings. The Hall–Kier alpha value is -1.63. The number of ether oxygens (including phenoxy) is 2. The largest absolute Gasteiger partial charge is 0.441 e. The second kappa shape index (κ2) is 6.89. The van der Waals surface area contributed by atoms with Gasteiger partial charge in [-0.05, 0) is 33.2 Å². The Balaban J connectivity index is 2.02. The first-order chi connectivity index (χ1) is 9.99. The predicted molar refractivity (Wildman–Crippen MR) is 79.2 cm³/mol. The average Bonchev–Trinajstić information content (AvgIpc) is 2.43. The summed E-state index contributed by atoms with van der Waals surface area (Å²) in [6, 6.07) is 8.78. The minimum atomic E-state index is -0.689. The number of aliphatic hydroxyl groups excluding tert-OH is 1. The summed E-state index contributed by atoms with van der Waals surface area (Å²) in [5.41, 5.74) is 0.661. The maximum Gasteiger partial charge on any atom is 0.412 e. The van der Waals surface area contributed by atoms with Gasteiger partial charge in [-0.2, -0.15) is 0 Å². The first-order valence-corrected chi connectivity index (χ1v) is 6.98. The van der Waals surface area contributed by atoms with Crippen molar-refractivity contribution in [3.63, 3.8) is 0 Å². The first kappa shape index (κ1) is 15.8. The number of hydrogen-bond donors (Lipinski definition) is 2. The minimum absolute atomic E-state index is 0.240. The molecule has 0 radical (unpaired) electrons. The van der Waals surface area contributed by atoms with Crippen LogP contribution in [0.3, 0.4) is 0 Å². The minimum Gasteiger partial charge on any atom is -0.441 e. The van der Waals surface area contributed by atoms with Crippen LogP contribution in [-0.4, -0.2) is 61.2 Å². The zero-order valence-electron chi connectivity index (χ0n) is 12.5. The molecule has 1 amide bonds. The molecule has 1 fully saturated rings. The number of nitrogens with one attached hydrogen (secondary N) is 1. The van der Waals surface area contributed by atoms with Crippen LogP contribution < -0.4 is 5.32 Å². The molecule has 0 aliphatic carbocycles. The van der Waals surface area contributed by atoms with Gasteiger partial charge in [0.1, 0.15) is 6.10 Å². The molecule has 0 bridgehead atoms. The lowest BCUT2D eigenvalue weighted by atomic mass is 9.97. The van der Waals surface area contributed by atoms with Crippen molar-refractivity contribution < 1.29 is 19.4 Å². The van der Waals surface area contributed by atoms with E-state index < -0.39 is 18.3 Å². The molecule has 1 aromatic carbocycles. The molecule has 1 aliphatic heterocycles. The fourth-order valence-electron chi connectivity index (χ4n) is 2.54. The number of amides is 1. The van der Waals surface area contributed by atoms with Crippen molar-refractivity contribution in [3.8, 4) is 0 Å². The van der Waals surface area contributed by atoms with Crippen LogP contribution in [0, 0.1) is 0 Å². The number of nitrogens with zero attached hydrogens (tertiary/aromatic N) is 1. The zero-order valence-corrected chi connectivity index (χ0v) is 12.5. The topological polar surface area (TPSA) is 71.0 Å². The number of carbonyl (C=O) groups is 1. The third-order valence-electron chi connectivity index (χ3n) is 3.58. The van der Waals surface area contributed by atoms with E-state index in [2.05, 4.69) is 5.32 Å². The lowest BCUT2D eigenvalue weighted by molar-refractivity contribution is -0.155. The van der Waals surface area contributed by atoms with Gasteiger partial charge in [0.05, 0.1) is 24.9 Å². The molecule has 0 saturated carbocycles. The number of para-hydroxylation sites is 1. The van der Waals surface area contributed by atoms with Crippen LogP contribution in [-0.2, 0) is 9.47 Å². The molecule has 0 unspecified atom stereocenters. The molecule has 6 heteroatoms. The molecule has 21 heavy (non-hydrogen) atoms. The van der Waals surface area contributed by atoms with Crippen molar-refractivity contribution in [1.29, 1.82) is 0 Å². The molecule has 2 N–H and O–H groups in total. The van der Waals surface area contributed by atoms with Crippen molar-refractivity contribution >= 4 is 11.8 Å². The van der Waals surface area contributed by atoms with Crippen LogP contribution in [0.2, 0.25) is 0 Å². The molecule has 116 valence electrons. The smallest absolute Gasteiger partial charge is 0.412 e. The molecule has 2 rings (SSSR count). The quantitative estimate of drug-likeness (QED) is 0.879. The highest BCUT2D eigenvalue weighted by Crippen LogP contribution is 2.22. The van der Waals surface area contributed by atoms with E-state index in [4.69, 9.17) is 9.47 Å². The molecule has 1 saturated heterocycles. The summed E-state index contributed by atoms with van der Waals surface area (Å²) in [6.07, 6.45) is -2.05. The van der Waals surface area contributed by atoms with Crippen molar-refractivity contribution in [2.45, 2.75) is 31.3 Å². The Kier molecular flexibility index (Phi) is 5.17. The maximum absolute atomic E-state index is 12.0. The summed E-state index contributed by atoms with van der Waals surface area (Å²) in [7, 11) is 3.69. The SMILES string of the molecule is C[C@H]1OC[C@H](O)[C@@H](N(C)C)[C@@H]1OC(=O)Nc1ccccc1. The fourth-order valence-corrected chi connectivity index (χ4v) is 2.54. The van der Waals surface area contributed by atoms with E-state index in [0.717, 1.165) is 0 Å². The van der Waals surface area contributed by atoms with Gasteiger partial charge in [-0.1, -0.05) is 18.2 Å². The molecule has 6 nitrogen and oxygen atoms in total. The summed E-state index contributed by atoms with van der Waals surface area (Å²) in [5, 5.41) is 12.7. The Morgan fingerprint density at radius 2 is 2.05 bits per heavy atom. The van der Waals surface area contributed by atoms with E-state index in [-0.39, 0.29) is 18.8 Å². The number of rotatable bonds is 3. The van der Waals surface area contributed by atoms with E-state index in [9.17, 15) is 9.90 Å². The molecule has 4 atom stereocenters. The van der Waals surface area contributed by atoms with E-state index in [1.54, 1.807) is 12.1 Å². The summed E-state index contributed by atoms with van der Waals surface area (Å²) in [6.45, 7) is 2.08. The standard InChI is InChI=1S/C15H22N2O4/c1-10-14(13(17(2)3)12(18)9-20-10)21-15(19)16-11-7-5-4-6-8-11/h4-8,10,12-14,18H,9H2,1-3H3,(H,16,19)/t10-,12+,13-,14-/m1/s1. The highest BCUT2D eigenvalue weighted by atomic mass is 16.6. The maximum atomic E-state index is 12.0. The van der Waals surface area contributed by atoms with Crippen LogP contribution in [0.1, 0.15) is 6.92 Å². The van der Waals surface area contributed by atoms with Crippen molar-refractivity contribution in [2.75, 3.05) is 26.0 Å². The molecular weight excluding hydrogens is 272 g/mol. The lowest BCUT2D eigenvalue weighted by Crippen LogP contribution is -2.59. The molecule has 0 spiro atoms.